The van der Waals surface area contributed by atoms with Crippen LogP contribution in [0, 0.1) is 0 Å². The van der Waals surface area contributed by atoms with E-state index in [0.717, 1.165) is 24.5 Å². The number of halogens is 1. The highest BCUT2D eigenvalue weighted by atomic mass is 35.5. The number of alkyl halides is 1. The molecule has 0 aliphatic carbocycles. The smallest absolute Gasteiger partial charge is 0.0351 e. The van der Waals surface area contributed by atoms with Crippen molar-refractivity contribution >= 4 is 11.6 Å². The summed E-state index contributed by atoms with van der Waals surface area (Å²) < 4.78 is 0. The average Bonchev–Trinajstić information content (AvgIpc) is 2.33. The molecule has 2 rings (SSSR count). The number of fused-ring (bicyclic) bond motifs is 2. The first kappa shape index (κ1) is 9.75. The number of nitrogens with zero attached hydrogens (tertiary/aromatic N) is 2. The molecule has 0 amide bonds. The van der Waals surface area contributed by atoms with Crippen LogP contribution in [0.15, 0.2) is 0 Å². The van der Waals surface area contributed by atoms with Gasteiger partial charge >= 0.3 is 0 Å². The van der Waals surface area contributed by atoms with E-state index in [-0.39, 0.29) is 0 Å². The maximum atomic E-state index is 5.77. The van der Waals surface area contributed by atoms with Crippen molar-refractivity contribution in [3.8, 4) is 0 Å². The number of hydrogen-bond acceptors (Lipinski definition) is 2. The van der Waals surface area contributed by atoms with Crippen molar-refractivity contribution in [3.63, 3.8) is 0 Å². The molecule has 2 fully saturated rings. The van der Waals surface area contributed by atoms with E-state index in [1.54, 1.807) is 0 Å². The molecule has 0 saturated carbocycles. The third kappa shape index (κ3) is 2.00. The topological polar surface area (TPSA) is 6.48 Å². The van der Waals surface area contributed by atoms with Crippen LogP contribution < -0.4 is 0 Å². The monoisotopic (exact) mass is 202 g/mol. The fourth-order valence-corrected chi connectivity index (χ4v) is 2.94. The summed E-state index contributed by atoms with van der Waals surface area (Å²) in [5.41, 5.74) is 0. The first-order valence-corrected chi connectivity index (χ1v) is 5.85. The second-order valence-corrected chi connectivity index (χ2v) is 4.71. The second kappa shape index (κ2) is 4.16. The van der Waals surface area contributed by atoms with Crippen LogP contribution in [0.1, 0.15) is 19.3 Å². The van der Waals surface area contributed by atoms with E-state index in [9.17, 15) is 0 Å². The molecule has 2 aliphatic heterocycles. The molecule has 2 bridgehead atoms. The first-order valence-electron chi connectivity index (χ1n) is 5.31. The molecule has 2 nitrogen and oxygen atoms in total. The van der Waals surface area contributed by atoms with Gasteiger partial charge in [0.2, 0.25) is 0 Å². The summed E-state index contributed by atoms with van der Waals surface area (Å²) >= 11 is 5.77. The van der Waals surface area contributed by atoms with Crippen LogP contribution in [-0.2, 0) is 0 Å². The van der Waals surface area contributed by atoms with E-state index in [0.29, 0.717) is 0 Å². The summed E-state index contributed by atoms with van der Waals surface area (Å²) in [5, 5.41) is 0. The van der Waals surface area contributed by atoms with Gasteiger partial charge in [-0.15, -0.1) is 11.6 Å². The Bertz CT molecular complexity index is 174. The predicted molar refractivity (Wildman–Crippen MR) is 56.4 cm³/mol. The summed E-state index contributed by atoms with van der Waals surface area (Å²) in [6, 6.07) is 1.65. The first-order chi connectivity index (χ1) is 6.31. The molecule has 0 aromatic rings. The molecular formula is C10H19ClN2. The highest BCUT2D eigenvalue weighted by molar-refractivity contribution is 6.18. The lowest BCUT2D eigenvalue weighted by Gasteiger charge is -2.24. The van der Waals surface area contributed by atoms with Crippen molar-refractivity contribution < 1.29 is 0 Å². The Kier molecular flexibility index (Phi) is 3.12. The van der Waals surface area contributed by atoms with Crippen molar-refractivity contribution in [1.82, 2.24) is 9.80 Å². The zero-order chi connectivity index (χ0) is 9.26. The van der Waals surface area contributed by atoms with Gasteiger partial charge in [-0.1, -0.05) is 0 Å². The largest absolute Gasteiger partial charge is 0.301 e. The van der Waals surface area contributed by atoms with Crippen molar-refractivity contribution in [2.75, 3.05) is 32.6 Å². The van der Waals surface area contributed by atoms with Gasteiger partial charge < -0.3 is 4.90 Å². The fourth-order valence-electron chi connectivity index (χ4n) is 2.70. The summed E-state index contributed by atoms with van der Waals surface area (Å²) in [6.45, 7) is 3.55. The molecule has 2 atom stereocenters. The summed E-state index contributed by atoms with van der Waals surface area (Å²) in [4.78, 5) is 5.10. The van der Waals surface area contributed by atoms with Gasteiger partial charge in [0, 0.05) is 31.1 Å². The van der Waals surface area contributed by atoms with E-state index in [1.165, 1.54) is 32.4 Å². The molecule has 0 spiro atoms. The van der Waals surface area contributed by atoms with Crippen LogP contribution in [0.4, 0.5) is 0 Å². The fraction of sp³-hybridized carbons (Fsp3) is 1.00. The highest BCUT2D eigenvalue weighted by Crippen LogP contribution is 2.28. The lowest BCUT2D eigenvalue weighted by atomic mass is 10.1. The van der Waals surface area contributed by atoms with Crippen molar-refractivity contribution in [2.24, 2.45) is 0 Å². The van der Waals surface area contributed by atoms with E-state index >= 15 is 0 Å². The molecule has 76 valence electrons. The number of hydrogen-bond donors (Lipinski definition) is 0. The third-order valence-corrected chi connectivity index (χ3v) is 3.80. The molecule has 0 aromatic carbocycles. The van der Waals surface area contributed by atoms with Crippen LogP contribution in [0.3, 0.4) is 0 Å². The Hall–Kier alpha value is 0.210. The minimum absolute atomic E-state index is 0.779. The zero-order valence-electron chi connectivity index (χ0n) is 8.38. The van der Waals surface area contributed by atoms with Crippen LogP contribution in [-0.4, -0.2) is 54.4 Å². The third-order valence-electron chi connectivity index (χ3n) is 3.63. The minimum Gasteiger partial charge on any atom is -0.301 e. The number of likely N-dealkylation sites (tertiary alicyclic amines) is 1. The Morgan fingerprint density at radius 1 is 1.23 bits per heavy atom. The van der Waals surface area contributed by atoms with E-state index < -0.39 is 0 Å². The molecule has 0 radical (unpaired) electrons. The summed E-state index contributed by atoms with van der Waals surface area (Å²) in [7, 11) is 2.28. The average molecular weight is 203 g/mol. The molecule has 0 N–H and O–H groups in total. The normalized spacial score (nSPS) is 36.5. The number of likely N-dealkylation sites (N-methyl/N-ethyl adjacent to an activating group) is 1. The Morgan fingerprint density at radius 3 is 2.77 bits per heavy atom. The molecule has 2 unspecified atom stereocenters. The zero-order valence-corrected chi connectivity index (χ0v) is 9.13. The maximum Gasteiger partial charge on any atom is 0.0351 e. The van der Waals surface area contributed by atoms with Gasteiger partial charge in [0.05, 0.1) is 0 Å². The van der Waals surface area contributed by atoms with E-state index in [4.69, 9.17) is 11.6 Å². The second-order valence-electron chi connectivity index (χ2n) is 4.33. The predicted octanol–water partition coefficient (Wildman–Crippen LogP) is 1.39. The number of rotatable bonds is 2. The molecule has 0 aromatic heterocycles. The van der Waals surface area contributed by atoms with Crippen molar-refractivity contribution in [1.29, 1.82) is 0 Å². The molecule has 3 heteroatoms. The Labute approximate surface area is 85.8 Å². The Balaban J connectivity index is 1.95. The van der Waals surface area contributed by atoms with Crippen LogP contribution in [0.25, 0.3) is 0 Å². The molecule has 13 heavy (non-hydrogen) atoms. The maximum absolute atomic E-state index is 5.77. The lowest BCUT2D eigenvalue weighted by Crippen LogP contribution is -2.37. The quantitative estimate of drug-likeness (QED) is 0.625. The van der Waals surface area contributed by atoms with Gasteiger partial charge in [-0.05, 0) is 32.9 Å². The SMILES string of the molecule is CN1C2CCC1CN(CCCl)CC2. The van der Waals surface area contributed by atoms with Crippen molar-refractivity contribution in [2.45, 2.75) is 31.3 Å². The summed E-state index contributed by atoms with van der Waals surface area (Å²) in [6.07, 6.45) is 4.14. The standard InChI is InChI=1S/C10H19ClN2/c1-12-9-2-3-10(12)8-13(6-4-9)7-5-11/h9-10H,2-8H2,1H3. The van der Waals surface area contributed by atoms with Crippen molar-refractivity contribution in [3.05, 3.63) is 0 Å². The highest BCUT2D eigenvalue weighted by Gasteiger charge is 2.34. The van der Waals surface area contributed by atoms with Crippen LogP contribution >= 0.6 is 11.6 Å². The minimum atomic E-state index is 0.779. The van der Waals surface area contributed by atoms with Gasteiger partial charge in [-0.2, -0.15) is 0 Å². The van der Waals surface area contributed by atoms with E-state index in [1.807, 2.05) is 0 Å². The van der Waals surface area contributed by atoms with E-state index in [2.05, 4.69) is 16.8 Å². The lowest BCUT2D eigenvalue weighted by molar-refractivity contribution is 0.225. The summed E-state index contributed by atoms with van der Waals surface area (Å²) in [5.74, 6) is 0.779. The van der Waals surface area contributed by atoms with Gasteiger partial charge in [0.1, 0.15) is 0 Å². The molecule has 2 aliphatic rings. The van der Waals surface area contributed by atoms with Crippen LogP contribution in [0.2, 0.25) is 0 Å². The van der Waals surface area contributed by atoms with Gasteiger partial charge in [0.25, 0.3) is 0 Å². The van der Waals surface area contributed by atoms with Gasteiger partial charge in [-0.25, -0.2) is 0 Å². The van der Waals surface area contributed by atoms with Gasteiger partial charge in [-0.3, -0.25) is 4.90 Å². The molecule has 2 heterocycles. The van der Waals surface area contributed by atoms with Crippen LogP contribution in [0.5, 0.6) is 0 Å². The van der Waals surface area contributed by atoms with Gasteiger partial charge in [0.15, 0.2) is 0 Å². The molecular weight excluding hydrogens is 184 g/mol. The Morgan fingerprint density at radius 2 is 2.00 bits per heavy atom. The molecule has 2 saturated heterocycles.